The van der Waals surface area contributed by atoms with E-state index in [0.29, 0.717) is 31.6 Å². The standard InChI is InChI=1S/C16H19FN2O2/c1-11-2-3-12(17)8-13(11)15(21)19-6-4-16(5-7-19)9-14(20)18-10-16/h2-3,8H,4-7,9-10H2,1H3,(H,18,20). The SMILES string of the molecule is Cc1ccc(F)cc1C(=O)N1CCC2(CC1)CNC(=O)C2. The summed E-state index contributed by atoms with van der Waals surface area (Å²) in [4.78, 5) is 25.7. The third kappa shape index (κ3) is 2.64. The highest BCUT2D eigenvalue weighted by Crippen LogP contribution is 2.37. The summed E-state index contributed by atoms with van der Waals surface area (Å²) < 4.78 is 13.3. The minimum absolute atomic E-state index is 0.0187. The van der Waals surface area contributed by atoms with Gasteiger partial charge in [-0.15, -0.1) is 0 Å². The number of rotatable bonds is 1. The Morgan fingerprint density at radius 2 is 2.05 bits per heavy atom. The molecule has 2 aliphatic heterocycles. The number of nitrogens with zero attached hydrogens (tertiary/aromatic N) is 1. The van der Waals surface area contributed by atoms with Crippen LogP contribution < -0.4 is 5.32 Å². The Morgan fingerprint density at radius 1 is 1.33 bits per heavy atom. The normalized spacial score (nSPS) is 20.7. The molecule has 21 heavy (non-hydrogen) atoms. The number of carbonyl (C=O) groups excluding carboxylic acids is 2. The first kappa shape index (κ1) is 14.0. The zero-order valence-corrected chi connectivity index (χ0v) is 12.1. The predicted octanol–water partition coefficient (Wildman–Crippen LogP) is 1.88. The molecule has 2 fully saturated rings. The molecule has 5 heteroatoms. The number of piperidine rings is 1. The summed E-state index contributed by atoms with van der Waals surface area (Å²) in [5.41, 5.74) is 1.25. The zero-order chi connectivity index (χ0) is 15.0. The van der Waals surface area contributed by atoms with Gasteiger partial charge in [0.05, 0.1) is 0 Å². The summed E-state index contributed by atoms with van der Waals surface area (Å²) >= 11 is 0. The van der Waals surface area contributed by atoms with Crippen LogP contribution in [0.4, 0.5) is 4.39 Å². The number of aryl methyl sites for hydroxylation is 1. The molecule has 0 aliphatic carbocycles. The van der Waals surface area contributed by atoms with Gasteiger partial charge in [-0.25, -0.2) is 4.39 Å². The molecule has 2 aliphatic rings. The monoisotopic (exact) mass is 290 g/mol. The molecule has 1 aromatic carbocycles. The average molecular weight is 290 g/mol. The van der Waals surface area contributed by atoms with Crippen LogP contribution in [0.15, 0.2) is 18.2 Å². The van der Waals surface area contributed by atoms with Crippen molar-refractivity contribution in [3.63, 3.8) is 0 Å². The van der Waals surface area contributed by atoms with E-state index in [1.54, 1.807) is 11.0 Å². The Kier molecular flexibility index (Phi) is 3.43. The molecule has 112 valence electrons. The van der Waals surface area contributed by atoms with Crippen LogP contribution in [-0.2, 0) is 4.79 Å². The summed E-state index contributed by atoms with van der Waals surface area (Å²) in [6.07, 6.45) is 2.21. The Bertz CT molecular complexity index is 592. The smallest absolute Gasteiger partial charge is 0.254 e. The number of halogens is 1. The number of hydrogen-bond donors (Lipinski definition) is 1. The Morgan fingerprint density at radius 3 is 2.67 bits per heavy atom. The second kappa shape index (κ2) is 5.13. The van der Waals surface area contributed by atoms with E-state index in [2.05, 4.69) is 5.32 Å². The molecular weight excluding hydrogens is 271 g/mol. The third-order valence-corrected chi connectivity index (χ3v) is 4.74. The van der Waals surface area contributed by atoms with Crippen LogP contribution >= 0.6 is 0 Å². The number of hydrogen-bond acceptors (Lipinski definition) is 2. The molecule has 2 saturated heterocycles. The third-order valence-electron chi connectivity index (χ3n) is 4.74. The van der Waals surface area contributed by atoms with Gasteiger partial charge in [0.25, 0.3) is 5.91 Å². The van der Waals surface area contributed by atoms with E-state index in [1.165, 1.54) is 12.1 Å². The summed E-state index contributed by atoms with van der Waals surface area (Å²) in [5.74, 6) is -0.391. The quantitative estimate of drug-likeness (QED) is 0.858. The van der Waals surface area contributed by atoms with Gasteiger partial charge < -0.3 is 10.2 Å². The molecule has 2 heterocycles. The van der Waals surface area contributed by atoms with Crippen molar-refractivity contribution < 1.29 is 14.0 Å². The predicted molar refractivity (Wildman–Crippen MR) is 76.3 cm³/mol. The van der Waals surface area contributed by atoms with Gasteiger partial charge in [-0.1, -0.05) is 6.07 Å². The number of amides is 2. The fourth-order valence-corrected chi connectivity index (χ4v) is 3.28. The molecular formula is C16H19FN2O2. The largest absolute Gasteiger partial charge is 0.356 e. The number of likely N-dealkylation sites (tertiary alicyclic amines) is 1. The molecule has 0 saturated carbocycles. The van der Waals surface area contributed by atoms with E-state index in [9.17, 15) is 14.0 Å². The highest BCUT2D eigenvalue weighted by atomic mass is 19.1. The molecule has 1 N–H and O–H groups in total. The lowest BCUT2D eigenvalue weighted by Crippen LogP contribution is -2.44. The maximum Gasteiger partial charge on any atom is 0.254 e. The fourth-order valence-electron chi connectivity index (χ4n) is 3.28. The Hall–Kier alpha value is -1.91. The lowest BCUT2D eigenvalue weighted by atomic mass is 9.77. The van der Waals surface area contributed by atoms with Crippen molar-refractivity contribution in [1.29, 1.82) is 0 Å². The van der Waals surface area contributed by atoms with Crippen LogP contribution in [0, 0.1) is 18.2 Å². The van der Waals surface area contributed by atoms with Crippen molar-refractivity contribution in [2.45, 2.75) is 26.2 Å². The summed E-state index contributed by atoms with van der Waals surface area (Å²) in [6.45, 7) is 3.79. The van der Waals surface area contributed by atoms with E-state index in [4.69, 9.17) is 0 Å². The lowest BCUT2D eigenvalue weighted by molar-refractivity contribution is -0.119. The summed E-state index contributed by atoms with van der Waals surface area (Å²) in [5, 5.41) is 2.88. The lowest BCUT2D eigenvalue weighted by Gasteiger charge is -2.38. The fraction of sp³-hybridized carbons (Fsp3) is 0.500. The van der Waals surface area contributed by atoms with Crippen molar-refractivity contribution in [2.24, 2.45) is 5.41 Å². The van der Waals surface area contributed by atoms with Crippen LogP contribution in [0.25, 0.3) is 0 Å². The minimum atomic E-state index is -0.386. The van der Waals surface area contributed by atoms with E-state index in [0.717, 1.165) is 18.4 Å². The molecule has 0 aromatic heterocycles. The van der Waals surface area contributed by atoms with Gasteiger partial charge in [0.15, 0.2) is 0 Å². The van der Waals surface area contributed by atoms with Gasteiger partial charge >= 0.3 is 0 Å². The molecule has 0 radical (unpaired) electrons. The van der Waals surface area contributed by atoms with Crippen molar-refractivity contribution >= 4 is 11.8 Å². The first-order valence-corrected chi connectivity index (χ1v) is 7.31. The second-order valence-corrected chi connectivity index (χ2v) is 6.20. The van der Waals surface area contributed by atoms with Crippen LogP contribution in [0.5, 0.6) is 0 Å². The van der Waals surface area contributed by atoms with E-state index < -0.39 is 0 Å². The molecule has 3 rings (SSSR count). The number of carbonyl (C=O) groups is 2. The Balaban J connectivity index is 1.70. The molecule has 4 nitrogen and oxygen atoms in total. The van der Waals surface area contributed by atoms with E-state index in [1.807, 2.05) is 6.92 Å². The molecule has 0 atom stereocenters. The summed E-state index contributed by atoms with van der Waals surface area (Å²) in [6, 6.07) is 4.31. The van der Waals surface area contributed by atoms with Crippen molar-refractivity contribution in [2.75, 3.05) is 19.6 Å². The van der Waals surface area contributed by atoms with Gasteiger partial charge in [-0.05, 0) is 42.9 Å². The zero-order valence-electron chi connectivity index (χ0n) is 12.1. The maximum absolute atomic E-state index is 13.3. The summed E-state index contributed by atoms with van der Waals surface area (Å²) in [7, 11) is 0. The highest BCUT2D eigenvalue weighted by molar-refractivity contribution is 5.95. The van der Waals surface area contributed by atoms with Gasteiger partial charge in [0.2, 0.25) is 5.91 Å². The molecule has 2 amide bonds. The van der Waals surface area contributed by atoms with Crippen molar-refractivity contribution in [1.82, 2.24) is 10.2 Å². The van der Waals surface area contributed by atoms with Crippen LogP contribution in [0.3, 0.4) is 0 Å². The first-order valence-electron chi connectivity index (χ1n) is 7.31. The van der Waals surface area contributed by atoms with Crippen LogP contribution in [-0.4, -0.2) is 36.3 Å². The van der Waals surface area contributed by atoms with Crippen LogP contribution in [0.2, 0.25) is 0 Å². The second-order valence-electron chi connectivity index (χ2n) is 6.20. The first-order chi connectivity index (χ1) is 9.99. The highest BCUT2D eigenvalue weighted by Gasteiger charge is 2.41. The van der Waals surface area contributed by atoms with Gasteiger partial charge in [-0.3, -0.25) is 9.59 Å². The van der Waals surface area contributed by atoms with E-state index >= 15 is 0 Å². The average Bonchev–Trinajstić information content (AvgIpc) is 2.83. The number of benzene rings is 1. The molecule has 1 spiro atoms. The van der Waals surface area contributed by atoms with Gasteiger partial charge in [0.1, 0.15) is 5.82 Å². The number of nitrogens with one attached hydrogen (secondary N) is 1. The van der Waals surface area contributed by atoms with Crippen molar-refractivity contribution in [3.05, 3.63) is 35.1 Å². The van der Waals surface area contributed by atoms with Gasteiger partial charge in [0, 0.05) is 31.6 Å². The minimum Gasteiger partial charge on any atom is -0.356 e. The molecule has 0 bridgehead atoms. The molecule has 0 unspecified atom stereocenters. The van der Waals surface area contributed by atoms with Crippen molar-refractivity contribution in [3.8, 4) is 0 Å². The topological polar surface area (TPSA) is 49.4 Å². The van der Waals surface area contributed by atoms with E-state index in [-0.39, 0.29) is 23.0 Å². The van der Waals surface area contributed by atoms with Crippen LogP contribution in [0.1, 0.15) is 35.2 Å². The molecule has 1 aromatic rings. The van der Waals surface area contributed by atoms with Gasteiger partial charge in [-0.2, -0.15) is 0 Å². The Labute approximate surface area is 123 Å². The maximum atomic E-state index is 13.3.